The molecule has 0 bridgehead atoms. The highest BCUT2D eigenvalue weighted by molar-refractivity contribution is 6.30. The molecule has 2 aromatic heterocycles. The normalized spacial score (nSPS) is 11.3. The number of hydrogen-bond donors (Lipinski definition) is 1. The molecule has 0 radical (unpaired) electrons. The minimum absolute atomic E-state index is 0.129. The molecule has 136 valence electrons. The second kappa shape index (κ2) is 6.62. The van der Waals surface area contributed by atoms with Crippen LogP contribution in [-0.2, 0) is 11.3 Å². The van der Waals surface area contributed by atoms with Crippen LogP contribution in [0.3, 0.4) is 0 Å². The van der Waals surface area contributed by atoms with E-state index in [2.05, 4.69) is 5.32 Å². The largest absolute Gasteiger partial charge is 0.324 e. The lowest BCUT2D eigenvalue weighted by Crippen LogP contribution is -2.18. The summed E-state index contributed by atoms with van der Waals surface area (Å²) in [5.74, 6) is -0.153. The van der Waals surface area contributed by atoms with E-state index in [0.29, 0.717) is 16.4 Å². The minimum Gasteiger partial charge on any atom is -0.324 e. The van der Waals surface area contributed by atoms with Crippen molar-refractivity contribution in [3.8, 4) is 0 Å². The highest BCUT2D eigenvalue weighted by Crippen LogP contribution is 2.28. The zero-order chi connectivity index (χ0) is 19.1. The van der Waals surface area contributed by atoms with E-state index in [0.717, 1.165) is 27.5 Å². The summed E-state index contributed by atoms with van der Waals surface area (Å²) in [6, 6.07) is 22.8. The molecule has 1 amide bonds. The predicted molar refractivity (Wildman–Crippen MR) is 113 cm³/mol. The fraction of sp³-hybridized carbons (Fsp3) is 0.0455. The van der Waals surface area contributed by atoms with Crippen molar-refractivity contribution in [3.05, 3.63) is 77.8 Å². The van der Waals surface area contributed by atoms with Crippen LogP contribution in [0.25, 0.3) is 33.1 Å². The number of hydrogen-bond acceptors (Lipinski definition) is 3. The van der Waals surface area contributed by atoms with E-state index in [1.807, 2.05) is 59.2 Å². The zero-order valence-electron chi connectivity index (χ0n) is 14.8. The number of aromatic nitrogens is 3. The molecular weight excluding hydrogens is 372 g/mol. The molecule has 6 heteroatoms. The van der Waals surface area contributed by atoms with Gasteiger partial charge >= 0.3 is 0 Å². The Morgan fingerprint density at radius 2 is 1.68 bits per heavy atom. The quantitative estimate of drug-likeness (QED) is 0.473. The van der Waals surface area contributed by atoms with E-state index in [-0.39, 0.29) is 12.5 Å². The summed E-state index contributed by atoms with van der Waals surface area (Å²) in [6.45, 7) is 0.129. The first-order valence-electron chi connectivity index (χ1n) is 8.88. The molecule has 0 fully saturated rings. The number of fused-ring (bicyclic) bond motifs is 4. The Labute approximate surface area is 165 Å². The van der Waals surface area contributed by atoms with Gasteiger partial charge < -0.3 is 9.88 Å². The number of nitrogens with one attached hydrogen (secondary N) is 1. The lowest BCUT2D eigenvalue weighted by molar-refractivity contribution is -0.116. The molecule has 5 aromatic rings. The van der Waals surface area contributed by atoms with Crippen LogP contribution in [0.1, 0.15) is 0 Å². The first-order chi connectivity index (χ1) is 13.7. The SMILES string of the molecule is O=C(Cn1c2ccccc2c2nc3ccccc3nc21)Nc1cccc(Cl)c1. The van der Waals surface area contributed by atoms with Crippen LogP contribution < -0.4 is 5.32 Å². The Kier molecular flexibility index (Phi) is 3.95. The first kappa shape index (κ1) is 16.7. The number of para-hydroxylation sites is 3. The molecule has 28 heavy (non-hydrogen) atoms. The van der Waals surface area contributed by atoms with Crippen molar-refractivity contribution in [2.45, 2.75) is 6.54 Å². The van der Waals surface area contributed by atoms with E-state index in [1.165, 1.54) is 0 Å². The van der Waals surface area contributed by atoms with E-state index in [9.17, 15) is 4.79 Å². The highest BCUT2D eigenvalue weighted by atomic mass is 35.5. The van der Waals surface area contributed by atoms with Gasteiger partial charge in [0.05, 0.1) is 16.6 Å². The van der Waals surface area contributed by atoms with E-state index >= 15 is 0 Å². The van der Waals surface area contributed by atoms with Gasteiger partial charge in [-0.3, -0.25) is 4.79 Å². The summed E-state index contributed by atoms with van der Waals surface area (Å²) in [5, 5.41) is 4.45. The second-order valence-electron chi connectivity index (χ2n) is 6.55. The molecule has 5 rings (SSSR count). The van der Waals surface area contributed by atoms with Crippen LogP contribution in [0.4, 0.5) is 5.69 Å². The van der Waals surface area contributed by atoms with E-state index in [4.69, 9.17) is 21.6 Å². The van der Waals surface area contributed by atoms with Crippen molar-refractivity contribution in [1.29, 1.82) is 0 Å². The molecular formula is C22H15ClN4O. The Balaban J connectivity index is 1.62. The van der Waals surface area contributed by atoms with Crippen LogP contribution in [0.5, 0.6) is 0 Å². The molecule has 0 aliphatic carbocycles. The number of carbonyl (C=O) groups is 1. The summed E-state index contributed by atoms with van der Waals surface area (Å²) in [5.41, 5.74) is 4.71. The molecule has 2 heterocycles. The monoisotopic (exact) mass is 386 g/mol. The van der Waals surface area contributed by atoms with Gasteiger partial charge in [0.15, 0.2) is 5.65 Å². The molecule has 0 aliphatic heterocycles. The fourth-order valence-electron chi connectivity index (χ4n) is 3.45. The topological polar surface area (TPSA) is 59.8 Å². The Bertz CT molecular complexity index is 1360. The number of halogens is 1. The van der Waals surface area contributed by atoms with Crippen LogP contribution in [0.15, 0.2) is 72.8 Å². The maximum absolute atomic E-state index is 12.7. The van der Waals surface area contributed by atoms with Crippen LogP contribution in [-0.4, -0.2) is 20.4 Å². The summed E-state index contributed by atoms with van der Waals surface area (Å²) in [4.78, 5) is 22.3. The van der Waals surface area contributed by atoms with Crippen molar-refractivity contribution >= 4 is 56.3 Å². The van der Waals surface area contributed by atoms with Gasteiger partial charge in [-0.1, -0.05) is 48.0 Å². The maximum Gasteiger partial charge on any atom is 0.244 e. The molecule has 0 saturated heterocycles. The first-order valence-corrected chi connectivity index (χ1v) is 9.26. The third-order valence-corrected chi connectivity index (χ3v) is 4.90. The average Bonchev–Trinajstić information content (AvgIpc) is 2.99. The van der Waals surface area contributed by atoms with Crippen molar-refractivity contribution in [1.82, 2.24) is 14.5 Å². The number of amides is 1. The van der Waals surface area contributed by atoms with E-state index < -0.39 is 0 Å². The van der Waals surface area contributed by atoms with Crippen molar-refractivity contribution in [2.24, 2.45) is 0 Å². The lowest BCUT2D eigenvalue weighted by Gasteiger charge is -2.09. The smallest absolute Gasteiger partial charge is 0.244 e. The summed E-state index contributed by atoms with van der Waals surface area (Å²) >= 11 is 6.01. The lowest BCUT2D eigenvalue weighted by atomic mass is 10.2. The molecule has 1 N–H and O–H groups in total. The van der Waals surface area contributed by atoms with Gasteiger partial charge in [0.25, 0.3) is 0 Å². The molecule has 3 aromatic carbocycles. The van der Waals surface area contributed by atoms with Crippen molar-refractivity contribution in [2.75, 3.05) is 5.32 Å². The maximum atomic E-state index is 12.7. The third-order valence-electron chi connectivity index (χ3n) is 4.67. The number of carbonyl (C=O) groups excluding carboxylic acids is 1. The van der Waals surface area contributed by atoms with Gasteiger partial charge in [0.2, 0.25) is 5.91 Å². The standard InChI is InChI=1S/C22H15ClN4O/c23-14-6-5-7-15(12-14)24-20(28)13-27-19-11-4-1-8-16(19)21-22(27)26-18-10-3-2-9-17(18)25-21/h1-12H,13H2,(H,24,28). The number of nitrogens with zero attached hydrogens (tertiary/aromatic N) is 3. The minimum atomic E-state index is -0.153. The molecule has 0 atom stereocenters. The van der Waals surface area contributed by atoms with Gasteiger partial charge in [0.1, 0.15) is 12.1 Å². The highest BCUT2D eigenvalue weighted by Gasteiger charge is 2.16. The van der Waals surface area contributed by atoms with Gasteiger partial charge in [-0.25, -0.2) is 9.97 Å². The fourth-order valence-corrected chi connectivity index (χ4v) is 3.64. The summed E-state index contributed by atoms with van der Waals surface area (Å²) < 4.78 is 1.91. The average molecular weight is 387 g/mol. The Hall–Kier alpha value is -3.44. The van der Waals surface area contributed by atoms with Crippen molar-refractivity contribution in [3.63, 3.8) is 0 Å². The summed E-state index contributed by atoms with van der Waals surface area (Å²) in [6.07, 6.45) is 0. The van der Waals surface area contributed by atoms with Crippen LogP contribution in [0.2, 0.25) is 5.02 Å². The molecule has 0 spiro atoms. The van der Waals surface area contributed by atoms with Gasteiger partial charge in [0, 0.05) is 16.1 Å². The van der Waals surface area contributed by atoms with Gasteiger partial charge in [-0.2, -0.15) is 0 Å². The molecule has 0 saturated carbocycles. The Morgan fingerprint density at radius 1 is 0.929 bits per heavy atom. The number of rotatable bonds is 3. The predicted octanol–water partition coefficient (Wildman–Crippen LogP) is 5.03. The number of anilines is 1. The number of benzene rings is 3. The molecule has 0 aliphatic rings. The Morgan fingerprint density at radius 3 is 2.50 bits per heavy atom. The second-order valence-corrected chi connectivity index (χ2v) is 6.98. The molecule has 5 nitrogen and oxygen atoms in total. The zero-order valence-corrected chi connectivity index (χ0v) is 15.5. The third kappa shape index (κ3) is 2.86. The summed E-state index contributed by atoms with van der Waals surface area (Å²) in [7, 11) is 0. The van der Waals surface area contributed by atoms with Gasteiger partial charge in [-0.05, 0) is 36.4 Å². The van der Waals surface area contributed by atoms with Crippen molar-refractivity contribution < 1.29 is 4.79 Å². The van der Waals surface area contributed by atoms with Gasteiger partial charge in [-0.15, -0.1) is 0 Å². The van der Waals surface area contributed by atoms with E-state index in [1.54, 1.807) is 18.2 Å². The van der Waals surface area contributed by atoms with Crippen LogP contribution >= 0.6 is 11.6 Å². The van der Waals surface area contributed by atoms with Crippen LogP contribution in [0, 0.1) is 0 Å². The molecule has 0 unspecified atom stereocenters.